The predicted molar refractivity (Wildman–Crippen MR) is 106 cm³/mol. The van der Waals surface area contributed by atoms with E-state index in [1.165, 1.54) is 23.5 Å². The Hall–Kier alpha value is -3.03. The highest BCUT2D eigenvalue weighted by molar-refractivity contribution is 7.14. The number of carbonyl (C=O) groups is 3. The lowest BCUT2D eigenvalue weighted by Crippen LogP contribution is -2.34. The smallest absolute Gasteiger partial charge is 0.313 e. The molecule has 8 heteroatoms. The number of hydrogen-bond acceptors (Lipinski definition) is 4. The number of carbonyl (C=O) groups excluding carboxylic acids is 3. The minimum absolute atomic E-state index is 0.100. The van der Waals surface area contributed by atoms with Crippen molar-refractivity contribution in [3.05, 3.63) is 86.8 Å². The fraction of sp³-hybridized carbons (Fsp3) is 0.0500. The van der Waals surface area contributed by atoms with E-state index in [4.69, 9.17) is 11.6 Å². The molecule has 5 nitrogen and oxygen atoms in total. The highest BCUT2D eigenvalue weighted by atomic mass is 35.5. The zero-order valence-corrected chi connectivity index (χ0v) is 15.9. The van der Waals surface area contributed by atoms with E-state index in [2.05, 4.69) is 10.6 Å². The van der Waals surface area contributed by atoms with E-state index in [-0.39, 0.29) is 23.0 Å². The second-order valence-electron chi connectivity index (χ2n) is 5.73. The molecule has 142 valence electrons. The number of rotatable bonds is 5. The Balaban J connectivity index is 1.56. The van der Waals surface area contributed by atoms with Gasteiger partial charge in [-0.2, -0.15) is 0 Å². The molecule has 0 aliphatic carbocycles. The number of hydrogen-bond donors (Lipinski definition) is 2. The van der Waals surface area contributed by atoms with Crippen LogP contribution in [0, 0.1) is 5.82 Å². The van der Waals surface area contributed by atoms with Crippen LogP contribution in [0.15, 0.2) is 60.7 Å². The molecule has 1 heterocycles. The van der Waals surface area contributed by atoms with Gasteiger partial charge >= 0.3 is 11.8 Å². The van der Waals surface area contributed by atoms with Gasteiger partial charge in [0.05, 0.1) is 16.4 Å². The molecule has 0 bridgehead atoms. The average molecular weight is 417 g/mol. The summed E-state index contributed by atoms with van der Waals surface area (Å²) >= 11 is 6.88. The molecule has 0 aliphatic heterocycles. The molecule has 0 fully saturated rings. The summed E-state index contributed by atoms with van der Waals surface area (Å²) in [6.45, 7) is 0.100. The van der Waals surface area contributed by atoms with E-state index >= 15 is 0 Å². The molecule has 0 spiro atoms. The van der Waals surface area contributed by atoms with Crippen LogP contribution in [0.3, 0.4) is 0 Å². The molecule has 2 N–H and O–H groups in total. The van der Waals surface area contributed by atoms with Crippen molar-refractivity contribution >= 4 is 46.2 Å². The van der Waals surface area contributed by atoms with Gasteiger partial charge in [-0.3, -0.25) is 14.4 Å². The maximum Gasteiger partial charge on any atom is 0.313 e. The van der Waals surface area contributed by atoms with Crippen LogP contribution in [0.5, 0.6) is 0 Å². The van der Waals surface area contributed by atoms with E-state index in [1.807, 2.05) is 6.07 Å². The fourth-order valence-electron chi connectivity index (χ4n) is 2.34. The van der Waals surface area contributed by atoms with Gasteiger partial charge in [-0.15, -0.1) is 11.3 Å². The van der Waals surface area contributed by atoms with Crippen LogP contribution in [-0.2, 0) is 16.1 Å². The third-order valence-corrected chi connectivity index (χ3v) is 5.10. The Labute approximate surface area is 169 Å². The summed E-state index contributed by atoms with van der Waals surface area (Å²) < 4.78 is 13.1. The molecule has 0 unspecified atom stereocenters. The summed E-state index contributed by atoms with van der Waals surface area (Å²) in [4.78, 5) is 37.5. The largest absolute Gasteiger partial charge is 0.343 e. The molecule has 2 amide bonds. The topological polar surface area (TPSA) is 75.3 Å². The molecular formula is C20H14ClFN2O3S. The lowest BCUT2D eigenvalue weighted by molar-refractivity contribution is -0.136. The second-order valence-corrected chi connectivity index (χ2v) is 7.30. The summed E-state index contributed by atoms with van der Waals surface area (Å²) in [6, 6.07) is 15.9. The standard InChI is InChI=1S/C20H14ClFN2O3S/c21-15-10-13(6-8-16(15)22)24-20(27)19(26)23-11-14-7-9-17(28-14)18(25)12-4-2-1-3-5-12/h1-10H,11H2,(H,23,26)(H,24,27). The van der Waals surface area contributed by atoms with E-state index in [1.54, 1.807) is 36.4 Å². The van der Waals surface area contributed by atoms with Crippen LogP contribution >= 0.6 is 22.9 Å². The first-order valence-corrected chi connectivity index (χ1v) is 9.36. The van der Waals surface area contributed by atoms with Crippen molar-refractivity contribution < 1.29 is 18.8 Å². The maximum atomic E-state index is 13.1. The van der Waals surface area contributed by atoms with Gasteiger partial charge in [-0.05, 0) is 30.3 Å². The highest BCUT2D eigenvalue weighted by Crippen LogP contribution is 2.21. The monoisotopic (exact) mass is 416 g/mol. The van der Waals surface area contributed by atoms with Crippen molar-refractivity contribution in [2.45, 2.75) is 6.54 Å². The van der Waals surface area contributed by atoms with Gasteiger partial charge in [-0.25, -0.2) is 4.39 Å². The number of ketones is 1. The Kier molecular flexibility index (Phi) is 6.18. The quantitative estimate of drug-likeness (QED) is 0.487. The molecule has 0 saturated heterocycles. The van der Waals surface area contributed by atoms with Crippen LogP contribution in [0.4, 0.5) is 10.1 Å². The highest BCUT2D eigenvalue weighted by Gasteiger charge is 2.16. The molecule has 1 aromatic heterocycles. The van der Waals surface area contributed by atoms with Gasteiger partial charge in [0.15, 0.2) is 0 Å². The number of nitrogens with one attached hydrogen (secondary N) is 2. The minimum atomic E-state index is -0.903. The first-order chi connectivity index (χ1) is 13.4. The Bertz CT molecular complexity index is 1040. The predicted octanol–water partition coefficient (Wildman–Crippen LogP) is 4.03. The summed E-state index contributed by atoms with van der Waals surface area (Å²) in [5, 5.41) is 4.66. The minimum Gasteiger partial charge on any atom is -0.343 e. The van der Waals surface area contributed by atoms with Crippen molar-refractivity contribution in [3.63, 3.8) is 0 Å². The van der Waals surface area contributed by atoms with Crippen molar-refractivity contribution in [1.82, 2.24) is 5.32 Å². The lowest BCUT2D eigenvalue weighted by atomic mass is 10.1. The fourth-order valence-corrected chi connectivity index (χ4v) is 3.43. The zero-order chi connectivity index (χ0) is 20.1. The molecule has 0 aliphatic rings. The van der Waals surface area contributed by atoms with E-state index < -0.39 is 17.6 Å². The number of amides is 2. The SMILES string of the molecule is O=C(NCc1ccc(C(=O)c2ccccc2)s1)C(=O)Nc1ccc(F)c(Cl)c1. The Morgan fingerprint density at radius 2 is 1.71 bits per heavy atom. The third-order valence-electron chi connectivity index (χ3n) is 3.73. The van der Waals surface area contributed by atoms with Crippen LogP contribution in [0.2, 0.25) is 5.02 Å². The Morgan fingerprint density at radius 3 is 2.43 bits per heavy atom. The number of benzene rings is 2. The van der Waals surface area contributed by atoms with Crippen molar-refractivity contribution in [2.75, 3.05) is 5.32 Å². The van der Waals surface area contributed by atoms with Crippen LogP contribution in [0.1, 0.15) is 20.1 Å². The van der Waals surface area contributed by atoms with E-state index in [9.17, 15) is 18.8 Å². The van der Waals surface area contributed by atoms with Gasteiger partial charge in [-0.1, -0.05) is 41.9 Å². The van der Waals surface area contributed by atoms with Gasteiger partial charge in [0.1, 0.15) is 5.82 Å². The molecule has 2 aromatic carbocycles. The molecular weight excluding hydrogens is 403 g/mol. The summed E-state index contributed by atoms with van der Waals surface area (Å²) in [6.07, 6.45) is 0. The molecule has 3 aromatic rings. The average Bonchev–Trinajstić information content (AvgIpc) is 3.18. The summed E-state index contributed by atoms with van der Waals surface area (Å²) in [5.74, 6) is -2.48. The Morgan fingerprint density at radius 1 is 0.964 bits per heavy atom. The first-order valence-electron chi connectivity index (χ1n) is 8.17. The van der Waals surface area contributed by atoms with Gasteiger partial charge in [0, 0.05) is 16.1 Å². The maximum absolute atomic E-state index is 13.1. The van der Waals surface area contributed by atoms with Gasteiger partial charge < -0.3 is 10.6 Å². The number of halogens is 2. The molecule has 0 saturated carbocycles. The molecule has 0 atom stereocenters. The third kappa shape index (κ3) is 4.82. The number of thiophene rings is 1. The van der Waals surface area contributed by atoms with Crippen molar-refractivity contribution in [3.8, 4) is 0 Å². The lowest BCUT2D eigenvalue weighted by Gasteiger charge is -2.06. The molecule has 28 heavy (non-hydrogen) atoms. The van der Waals surface area contributed by atoms with Crippen LogP contribution < -0.4 is 10.6 Å². The summed E-state index contributed by atoms with van der Waals surface area (Å²) in [5.41, 5.74) is 0.788. The second kappa shape index (κ2) is 8.77. The number of anilines is 1. The van der Waals surface area contributed by atoms with Crippen LogP contribution in [0.25, 0.3) is 0 Å². The van der Waals surface area contributed by atoms with E-state index in [0.29, 0.717) is 10.4 Å². The van der Waals surface area contributed by atoms with Crippen molar-refractivity contribution in [2.24, 2.45) is 0 Å². The first kappa shape index (κ1) is 19.7. The van der Waals surface area contributed by atoms with Crippen LogP contribution in [-0.4, -0.2) is 17.6 Å². The molecule has 0 radical (unpaired) electrons. The van der Waals surface area contributed by atoms with Gasteiger partial charge in [0.2, 0.25) is 5.78 Å². The van der Waals surface area contributed by atoms with E-state index in [0.717, 1.165) is 10.9 Å². The molecule has 3 rings (SSSR count). The van der Waals surface area contributed by atoms with Gasteiger partial charge in [0.25, 0.3) is 0 Å². The normalized spacial score (nSPS) is 10.4. The summed E-state index contributed by atoms with van der Waals surface area (Å²) in [7, 11) is 0. The van der Waals surface area contributed by atoms with Crippen molar-refractivity contribution in [1.29, 1.82) is 0 Å². The zero-order valence-electron chi connectivity index (χ0n) is 14.4.